The molecule has 0 atom stereocenters. The van der Waals surface area contributed by atoms with Gasteiger partial charge in [0.05, 0.1) is 93.8 Å². The lowest BCUT2D eigenvalue weighted by Crippen LogP contribution is -1.94. The van der Waals surface area contributed by atoms with E-state index in [1.165, 1.54) is 144 Å². The lowest BCUT2D eigenvalue weighted by Gasteiger charge is -2.08. The molecule has 0 amide bonds. The summed E-state index contributed by atoms with van der Waals surface area (Å²) >= 11 is 0. The van der Waals surface area contributed by atoms with E-state index in [1.54, 1.807) is 0 Å². The van der Waals surface area contributed by atoms with Gasteiger partial charge in [-0.3, -0.25) is 29.9 Å². The van der Waals surface area contributed by atoms with Crippen LogP contribution in [0, 0.1) is 41.5 Å². The Balaban J connectivity index is 0.0000000952. The number of fused-ring (bicyclic) bond motifs is 18. The van der Waals surface area contributed by atoms with Gasteiger partial charge in [0.1, 0.15) is 0 Å². The maximum atomic E-state index is 4.73. The minimum Gasteiger partial charge on any atom is -0.309 e. The molecule has 12 heterocycles. The van der Waals surface area contributed by atoms with Crippen molar-refractivity contribution in [2.75, 3.05) is 0 Å². The van der Waals surface area contributed by atoms with Gasteiger partial charge >= 0.3 is 0 Å². The highest BCUT2D eigenvalue weighted by atomic mass is 15.0. The second-order valence-corrected chi connectivity index (χ2v) is 30.2. The van der Waals surface area contributed by atoms with Gasteiger partial charge in [-0.2, -0.15) is 0 Å². The van der Waals surface area contributed by atoms with Crippen molar-refractivity contribution in [3.8, 4) is 34.1 Å². The van der Waals surface area contributed by atoms with Gasteiger partial charge in [-0.05, 0) is 228 Å². The molecular weight excluding hydrogens is 1470 g/mol. The molecule has 12 aromatic heterocycles. The van der Waals surface area contributed by atoms with Crippen LogP contribution >= 0.6 is 0 Å². The molecule has 0 saturated carbocycles. The van der Waals surface area contributed by atoms with Gasteiger partial charge in [0, 0.05) is 115 Å². The third kappa shape index (κ3) is 13.9. The largest absolute Gasteiger partial charge is 0.309 e. The van der Waals surface area contributed by atoms with Crippen molar-refractivity contribution in [3.63, 3.8) is 0 Å². The minimum absolute atomic E-state index is 1.05. The number of benzene rings is 12. The SMILES string of the molecule is Cc1ccc2c(c1)c1ncccc1n2-c1ccccc1.Cc1ccc2c(n1)c1ccccc1n2-c1ccccc1.Cc1cccc2c1c1ncccc1n2-c1ccccc1.Cc1cccc2c3cnccc3n(-c3ccccc3)c12.Cc1ccnc2c3ccccc3n(-c3ccccc3)c12.Cc1cnc2c3ccccc3n(-c3ccccc3)c2c1. The van der Waals surface area contributed by atoms with Crippen LogP contribution in [0.3, 0.4) is 0 Å². The van der Waals surface area contributed by atoms with Crippen molar-refractivity contribution in [2.24, 2.45) is 0 Å². The Bertz CT molecular complexity index is 7440. The topological polar surface area (TPSA) is 107 Å². The average molecular weight is 1550 g/mol. The summed E-state index contributed by atoms with van der Waals surface area (Å²) in [6.45, 7) is 12.7. The summed E-state index contributed by atoms with van der Waals surface area (Å²) in [5.41, 5.74) is 34.0. The Morgan fingerprint density at radius 1 is 0.200 bits per heavy atom. The summed E-state index contributed by atoms with van der Waals surface area (Å²) in [6, 6.07) is 126. The van der Waals surface area contributed by atoms with Crippen LogP contribution in [0.15, 0.2) is 401 Å². The van der Waals surface area contributed by atoms with Crippen LogP contribution in [-0.4, -0.2) is 57.3 Å². The number of pyridine rings is 6. The highest BCUT2D eigenvalue weighted by Gasteiger charge is 2.20. The lowest BCUT2D eigenvalue weighted by molar-refractivity contribution is 1.16. The summed E-state index contributed by atoms with van der Waals surface area (Å²) in [5.74, 6) is 0. The molecule has 0 N–H and O–H groups in total. The van der Waals surface area contributed by atoms with Crippen molar-refractivity contribution in [3.05, 3.63) is 435 Å². The van der Waals surface area contributed by atoms with E-state index in [4.69, 9.17) is 4.98 Å². The van der Waals surface area contributed by atoms with E-state index in [9.17, 15) is 0 Å². The average Bonchev–Trinajstić information content (AvgIpc) is 1.63. The molecule has 0 aliphatic heterocycles. The van der Waals surface area contributed by atoms with Crippen molar-refractivity contribution < 1.29 is 0 Å². The van der Waals surface area contributed by atoms with E-state index >= 15 is 0 Å². The smallest absolute Gasteiger partial charge is 0.0966 e. The zero-order valence-electron chi connectivity index (χ0n) is 67.5. The number of aryl methyl sites for hydroxylation is 6. The van der Waals surface area contributed by atoms with Crippen LogP contribution in [0.4, 0.5) is 0 Å². The van der Waals surface area contributed by atoms with E-state index in [2.05, 4.69) is 402 Å². The van der Waals surface area contributed by atoms with Crippen molar-refractivity contribution in [2.45, 2.75) is 41.5 Å². The van der Waals surface area contributed by atoms with E-state index < -0.39 is 0 Å². The van der Waals surface area contributed by atoms with E-state index in [1.807, 2.05) is 92.6 Å². The molecule has 0 fully saturated rings. The van der Waals surface area contributed by atoms with Crippen LogP contribution in [0.25, 0.3) is 166 Å². The maximum absolute atomic E-state index is 4.73. The highest BCUT2D eigenvalue weighted by molar-refractivity contribution is 6.13. The molecule has 0 aliphatic carbocycles. The molecule has 0 unspecified atom stereocenters. The van der Waals surface area contributed by atoms with E-state index in [0.29, 0.717) is 0 Å². The molecule has 12 nitrogen and oxygen atoms in total. The molecule has 0 saturated heterocycles. The molecule has 12 heteroatoms. The van der Waals surface area contributed by atoms with Gasteiger partial charge in [0.25, 0.3) is 0 Å². The van der Waals surface area contributed by atoms with E-state index in [0.717, 1.165) is 55.3 Å². The fourth-order valence-electron chi connectivity index (χ4n) is 17.1. The molecule has 0 aliphatic rings. The zero-order chi connectivity index (χ0) is 81.2. The molecule has 0 spiro atoms. The standard InChI is InChI=1S/6C18H14N2/c1-13-7-5-10-15-17(13)18-16(11-6-12-19-18)20(15)14-8-3-2-4-9-14;1-13-6-5-9-15-16-12-19-11-10-17(16)20(18(13)15)14-7-3-2-4-8-14;1-13-11-17-18(19-12-13)15-9-5-6-10-16(15)20(17)14-7-3-2-4-8-14;1-13-11-12-19-17-15-9-5-6-10-16(15)20(18(13)17)14-7-3-2-4-8-14;1-13-11-12-17-18(19-13)15-9-5-6-10-16(15)20(17)14-7-3-2-4-8-14;1-13-9-10-16-15(12-13)18-17(8-5-11-19-18)20(16)14-6-3-2-4-7-14/h6*2-12H,1H3. The van der Waals surface area contributed by atoms with Crippen molar-refractivity contribution >= 4 is 131 Å². The van der Waals surface area contributed by atoms with Crippen LogP contribution in [0.5, 0.6) is 0 Å². The molecule has 24 aromatic rings. The van der Waals surface area contributed by atoms with E-state index in [-0.39, 0.29) is 0 Å². The summed E-state index contributed by atoms with van der Waals surface area (Å²) < 4.78 is 13.7. The van der Waals surface area contributed by atoms with Crippen LogP contribution in [-0.2, 0) is 0 Å². The molecule has 0 bridgehead atoms. The Morgan fingerprint density at radius 2 is 0.592 bits per heavy atom. The number of hydrogen-bond acceptors (Lipinski definition) is 6. The fourth-order valence-corrected chi connectivity index (χ4v) is 17.1. The first-order chi connectivity index (χ1) is 59.1. The second kappa shape index (κ2) is 32.6. The molecule has 576 valence electrons. The summed E-state index contributed by atoms with van der Waals surface area (Å²) in [6.07, 6.45) is 11.4. The van der Waals surface area contributed by atoms with Crippen LogP contribution < -0.4 is 0 Å². The Kier molecular flexibility index (Phi) is 20.2. The van der Waals surface area contributed by atoms with Gasteiger partial charge in [0.15, 0.2) is 0 Å². The first kappa shape index (κ1) is 74.4. The predicted octanol–water partition coefficient (Wildman–Crippen LogP) is 26.9. The fraction of sp³-hybridized carbons (Fsp3) is 0.0556. The number of rotatable bonds is 6. The maximum Gasteiger partial charge on any atom is 0.0966 e. The van der Waals surface area contributed by atoms with Gasteiger partial charge in [-0.1, -0.05) is 206 Å². The molecule has 12 aromatic carbocycles. The molecule has 0 radical (unpaired) electrons. The molecular formula is C108H84N12. The lowest BCUT2D eigenvalue weighted by atomic mass is 10.1. The number of nitrogens with zero attached hydrogens (tertiary/aromatic N) is 12. The third-order valence-corrected chi connectivity index (χ3v) is 22.4. The van der Waals surface area contributed by atoms with Gasteiger partial charge < -0.3 is 27.4 Å². The molecule has 120 heavy (non-hydrogen) atoms. The number of hydrogen-bond donors (Lipinski definition) is 0. The zero-order valence-corrected chi connectivity index (χ0v) is 67.5. The number of aromatic nitrogens is 12. The quantitative estimate of drug-likeness (QED) is 0.164. The third-order valence-electron chi connectivity index (χ3n) is 22.4. The highest BCUT2D eigenvalue weighted by Crippen LogP contribution is 2.39. The van der Waals surface area contributed by atoms with Crippen molar-refractivity contribution in [1.29, 1.82) is 0 Å². The second-order valence-electron chi connectivity index (χ2n) is 30.2. The van der Waals surface area contributed by atoms with Gasteiger partial charge in [0.2, 0.25) is 0 Å². The normalized spacial score (nSPS) is 11.2. The first-order valence-electron chi connectivity index (χ1n) is 40.6. The first-order valence-corrected chi connectivity index (χ1v) is 40.6. The van der Waals surface area contributed by atoms with Gasteiger partial charge in [-0.25, -0.2) is 0 Å². The predicted molar refractivity (Wildman–Crippen MR) is 500 cm³/mol. The Labute approximate surface area is 694 Å². The van der Waals surface area contributed by atoms with Crippen LogP contribution in [0.2, 0.25) is 0 Å². The monoisotopic (exact) mass is 1550 g/mol. The van der Waals surface area contributed by atoms with Gasteiger partial charge in [-0.15, -0.1) is 0 Å². The Morgan fingerprint density at radius 3 is 1.18 bits per heavy atom. The minimum atomic E-state index is 1.05. The summed E-state index contributed by atoms with van der Waals surface area (Å²) in [7, 11) is 0. The summed E-state index contributed by atoms with van der Waals surface area (Å²) in [5, 5.41) is 8.53. The summed E-state index contributed by atoms with van der Waals surface area (Å²) in [4.78, 5) is 27.4. The molecule has 24 rings (SSSR count). The number of para-hydroxylation sites is 10. The van der Waals surface area contributed by atoms with Crippen molar-refractivity contribution in [1.82, 2.24) is 57.3 Å². The van der Waals surface area contributed by atoms with Crippen LogP contribution in [0.1, 0.15) is 33.5 Å². The Hall–Kier alpha value is -15.7.